The Hall–Kier alpha value is -2.09. The van der Waals surface area contributed by atoms with Crippen molar-refractivity contribution in [3.63, 3.8) is 0 Å². The van der Waals surface area contributed by atoms with Crippen molar-refractivity contribution in [3.8, 4) is 5.75 Å². The van der Waals surface area contributed by atoms with Crippen LogP contribution < -0.4 is 4.74 Å². The number of ether oxygens (including phenoxy) is 1. The number of thiophene rings is 1. The van der Waals surface area contributed by atoms with Crippen LogP contribution in [-0.2, 0) is 6.42 Å². The first-order valence-electron chi connectivity index (χ1n) is 13.7. The highest BCUT2D eigenvalue weighted by Crippen LogP contribution is 2.37. The fourth-order valence-electron chi connectivity index (χ4n) is 6.08. The molecule has 8 heteroatoms. The Morgan fingerprint density at radius 1 is 1.10 bits per heavy atom. The third kappa shape index (κ3) is 6.98. The van der Waals surface area contributed by atoms with Crippen LogP contribution in [0.15, 0.2) is 59.3 Å². The summed E-state index contributed by atoms with van der Waals surface area (Å²) in [6.45, 7) is 4.08. The maximum absolute atomic E-state index is 13.4. The van der Waals surface area contributed by atoms with Crippen LogP contribution in [0.4, 0.5) is 0 Å². The van der Waals surface area contributed by atoms with Gasteiger partial charge in [-0.1, -0.05) is 35.3 Å². The van der Waals surface area contributed by atoms with Gasteiger partial charge in [0.2, 0.25) is 0 Å². The van der Waals surface area contributed by atoms with Crippen LogP contribution in [-0.4, -0.2) is 66.2 Å². The van der Waals surface area contributed by atoms with E-state index in [1.165, 1.54) is 11.1 Å². The molecule has 5 rings (SSSR count). The van der Waals surface area contributed by atoms with Crippen LogP contribution in [0.2, 0.25) is 10.0 Å². The number of halogens is 2. The highest BCUT2D eigenvalue weighted by molar-refractivity contribution is 7.08. The minimum absolute atomic E-state index is 0.000326. The van der Waals surface area contributed by atoms with Gasteiger partial charge in [0, 0.05) is 44.2 Å². The molecule has 2 unspecified atom stereocenters. The van der Waals surface area contributed by atoms with Gasteiger partial charge in [0.1, 0.15) is 5.75 Å². The number of rotatable bonds is 9. The van der Waals surface area contributed by atoms with E-state index >= 15 is 0 Å². The zero-order chi connectivity index (χ0) is 27.4. The van der Waals surface area contributed by atoms with Crippen molar-refractivity contribution in [1.29, 1.82) is 0 Å². The number of hydrogen-bond acceptors (Lipinski definition) is 5. The summed E-state index contributed by atoms with van der Waals surface area (Å²) in [5.41, 5.74) is 2.52. The van der Waals surface area contributed by atoms with Gasteiger partial charge in [0.05, 0.1) is 22.8 Å². The molecule has 2 atom stereocenters. The number of aryl methyl sites for hydroxylation is 1. The molecule has 39 heavy (non-hydrogen) atoms. The first-order valence-corrected chi connectivity index (χ1v) is 15.4. The molecule has 3 heterocycles. The van der Waals surface area contributed by atoms with Crippen molar-refractivity contribution < 1.29 is 14.6 Å². The fraction of sp³-hybridized carbons (Fsp3) is 0.452. The molecule has 1 amide bonds. The third-order valence-electron chi connectivity index (χ3n) is 8.39. The van der Waals surface area contributed by atoms with E-state index in [0.717, 1.165) is 57.5 Å². The van der Waals surface area contributed by atoms with Crippen LogP contribution in [0.5, 0.6) is 5.75 Å². The Bertz CT molecular complexity index is 1260. The number of nitrogens with zero attached hydrogens (tertiary/aromatic N) is 2. The van der Waals surface area contributed by atoms with Crippen molar-refractivity contribution >= 4 is 40.4 Å². The molecule has 2 aliphatic heterocycles. The number of likely N-dealkylation sites (tertiary alicyclic amines) is 2. The second kappa shape index (κ2) is 12.6. The lowest BCUT2D eigenvalue weighted by Crippen LogP contribution is -2.46. The summed E-state index contributed by atoms with van der Waals surface area (Å²) in [6.07, 6.45) is 4.28. The summed E-state index contributed by atoms with van der Waals surface area (Å²) in [5, 5.41) is 16.5. The third-order valence-corrected chi connectivity index (χ3v) is 9.83. The van der Waals surface area contributed by atoms with Gasteiger partial charge in [-0.2, -0.15) is 11.3 Å². The molecule has 1 aromatic heterocycles. The predicted octanol–water partition coefficient (Wildman–Crippen LogP) is 6.77. The second-order valence-corrected chi connectivity index (χ2v) is 12.6. The molecule has 2 aliphatic rings. The van der Waals surface area contributed by atoms with Gasteiger partial charge in [0.15, 0.2) is 0 Å². The maximum Gasteiger partial charge on any atom is 0.253 e. The number of benzene rings is 2. The average Bonchev–Trinajstić information content (AvgIpc) is 3.62. The van der Waals surface area contributed by atoms with Crippen molar-refractivity contribution in [1.82, 2.24) is 9.80 Å². The van der Waals surface area contributed by atoms with E-state index in [1.807, 2.05) is 17.0 Å². The second-order valence-electron chi connectivity index (χ2n) is 11.0. The van der Waals surface area contributed by atoms with Crippen molar-refractivity contribution in [2.45, 2.75) is 43.6 Å². The number of piperidine rings is 1. The lowest BCUT2D eigenvalue weighted by molar-refractivity contribution is -0.0315. The van der Waals surface area contributed by atoms with Gasteiger partial charge >= 0.3 is 0 Å². The number of methoxy groups -OCH3 is 1. The van der Waals surface area contributed by atoms with Crippen molar-refractivity contribution in [2.75, 3.05) is 39.8 Å². The molecule has 0 saturated carbocycles. The number of carbonyl (C=O) groups is 1. The minimum atomic E-state index is -0.604. The number of carbonyl (C=O) groups excluding carboxylic acids is 1. The Balaban J connectivity index is 1.17. The molecular formula is C31H36Cl2N2O3S. The first kappa shape index (κ1) is 28.4. The monoisotopic (exact) mass is 586 g/mol. The summed E-state index contributed by atoms with van der Waals surface area (Å²) in [7, 11) is 1.69. The highest BCUT2D eigenvalue weighted by atomic mass is 35.5. The highest BCUT2D eigenvalue weighted by Gasteiger charge is 2.39. The number of aliphatic hydroxyl groups is 1. The zero-order valence-corrected chi connectivity index (χ0v) is 24.6. The lowest BCUT2D eigenvalue weighted by atomic mass is 9.84. The van der Waals surface area contributed by atoms with Crippen LogP contribution in [0.1, 0.15) is 53.1 Å². The van der Waals surface area contributed by atoms with Crippen molar-refractivity contribution in [3.05, 3.63) is 86.0 Å². The standard InChI is InChI=1S/C31H36Cl2N2O3S/c1-38-26-6-2-4-22(16-26)5-3-10-31(37)11-13-34(14-12-31)18-25-19-35(20-27(25)24-9-15-39-21-24)30(36)23-7-8-28(32)29(33)17-23/h2,4,6-9,15-17,21,25,27,37H,3,5,10-14,18-20H2,1H3. The van der Waals surface area contributed by atoms with Gasteiger partial charge in [0.25, 0.3) is 5.91 Å². The van der Waals surface area contributed by atoms with Crippen LogP contribution >= 0.6 is 34.5 Å². The van der Waals surface area contributed by atoms with E-state index in [2.05, 4.69) is 33.9 Å². The lowest BCUT2D eigenvalue weighted by Gasteiger charge is -2.39. The minimum Gasteiger partial charge on any atom is -0.497 e. The average molecular weight is 588 g/mol. The summed E-state index contributed by atoms with van der Waals surface area (Å²) in [6, 6.07) is 15.5. The quantitative estimate of drug-likeness (QED) is 0.300. The largest absolute Gasteiger partial charge is 0.497 e. The summed E-state index contributed by atoms with van der Waals surface area (Å²) < 4.78 is 5.33. The van der Waals surface area contributed by atoms with E-state index in [9.17, 15) is 9.90 Å². The maximum atomic E-state index is 13.4. The van der Waals surface area contributed by atoms with E-state index in [1.54, 1.807) is 36.6 Å². The number of amides is 1. The topological polar surface area (TPSA) is 53.0 Å². The van der Waals surface area contributed by atoms with Gasteiger partial charge in [-0.25, -0.2) is 0 Å². The van der Waals surface area contributed by atoms with Gasteiger partial charge in [-0.3, -0.25) is 4.79 Å². The molecule has 0 aliphatic carbocycles. The van der Waals surface area contributed by atoms with Crippen LogP contribution in [0.25, 0.3) is 0 Å². The van der Waals surface area contributed by atoms with Crippen molar-refractivity contribution in [2.24, 2.45) is 5.92 Å². The molecule has 0 spiro atoms. The van der Waals surface area contributed by atoms with E-state index < -0.39 is 5.60 Å². The first-order chi connectivity index (χ1) is 18.8. The molecule has 3 aromatic rings. The summed E-state index contributed by atoms with van der Waals surface area (Å²) in [4.78, 5) is 17.8. The molecule has 1 N–H and O–H groups in total. The Morgan fingerprint density at radius 2 is 1.92 bits per heavy atom. The number of hydrogen-bond donors (Lipinski definition) is 1. The van der Waals surface area contributed by atoms with Gasteiger partial charge < -0.3 is 19.6 Å². The SMILES string of the molecule is COc1cccc(CCCC2(O)CCN(CC3CN(C(=O)c4ccc(Cl)c(Cl)c4)CC3c3ccsc3)CC2)c1. The molecule has 5 nitrogen and oxygen atoms in total. The van der Waals surface area contributed by atoms with E-state index in [4.69, 9.17) is 27.9 Å². The molecule has 208 valence electrons. The van der Waals surface area contributed by atoms with Gasteiger partial charge in [-0.15, -0.1) is 0 Å². The Labute approximate surface area is 245 Å². The molecule has 2 aromatic carbocycles. The van der Waals surface area contributed by atoms with Crippen LogP contribution in [0.3, 0.4) is 0 Å². The summed E-state index contributed by atoms with van der Waals surface area (Å²) in [5.74, 6) is 1.52. The molecule has 0 bridgehead atoms. The zero-order valence-electron chi connectivity index (χ0n) is 22.3. The molecule has 2 saturated heterocycles. The Morgan fingerprint density at radius 3 is 2.64 bits per heavy atom. The van der Waals surface area contributed by atoms with E-state index in [0.29, 0.717) is 40.5 Å². The Kier molecular flexibility index (Phi) is 9.20. The van der Waals surface area contributed by atoms with Crippen LogP contribution in [0, 0.1) is 5.92 Å². The summed E-state index contributed by atoms with van der Waals surface area (Å²) >= 11 is 14.0. The molecule has 2 fully saturated rings. The van der Waals surface area contributed by atoms with Gasteiger partial charge in [-0.05, 0) is 96.3 Å². The smallest absolute Gasteiger partial charge is 0.253 e. The fourth-order valence-corrected chi connectivity index (χ4v) is 7.10. The molecular weight excluding hydrogens is 551 g/mol. The normalized spacial score (nSPS) is 21.3. The molecule has 0 radical (unpaired) electrons. The predicted molar refractivity (Wildman–Crippen MR) is 159 cm³/mol. The van der Waals surface area contributed by atoms with E-state index in [-0.39, 0.29) is 5.91 Å².